The normalized spacial score (nSPS) is 16.7. The number of nitrogens with one attached hydrogen (secondary N) is 1. The molecule has 0 saturated heterocycles. The quantitative estimate of drug-likeness (QED) is 0.831. The molecule has 0 aliphatic carbocycles. The van der Waals surface area contributed by atoms with E-state index < -0.39 is 0 Å². The largest absolute Gasteiger partial charge is 0.359 e. The molecular weight excluding hydrogens is 297 g/mol. The molecule has 0 fully saturated rings. The molecule has 6 heteroatoms. The van der Waals surface area contributed by atoms with Crippen LogP contribution in [0, 0.1) is 5.82 Å². The Bertz CT molecular complexity index is 708. The molecule has 2 heterocycles. The zero-order valence-corrected chi connectivity index (χ0v) is 12.4. The van der Waals surface area contributed by atoms with Gasteiger partial charge in [-0.15, -0.1) is 0 Å². The molecule has 1 aliphatic heterocycles. The number of nitrogens with zero attached hydrogens (tertiary/aromatic N) is 2. The van der Waals surface area contributed by atoms with Crippen molar-refractivity contribution in [2.45, 2.75) is 12.5 Å². The fourth-order valence-electron chi connectivity index (χ4n) is 2.34. The minimum Gasteiger partial charge on any atom is -0.359 e. The molecule has 23 heavy (non-hydrogen) atoms. The van der Waals surface area contributed by atoms with E-state index in [2.05, 4.69) is 10.6 Å². The van der Waals surface area contributed by atoms with Crippen molar-refractivity contribution in [3.05, 3.63) is 78.1 Å². The van der Waals surface area contributed by atoms with Gasteiger partial charge >= 0.3 is 0 Å². The van der Waals surface area contributed by atoms with Gasteiger partial charge in [-0.05, 0) is 30.3 Å². The van der Waals surface area contributed by atoms with E-state index in [4.69, 9.17) is 4.52 Å². The van der Waals surface area contributed by atoms with Crippen LogP contribution in [0.4, 0.5) is 4.39 Å². The molecule has 2 aromatic rings. The van der Waals surface area contributed by atoms with Gasteiger partial charge in [0.25, 0.3) is 0 Å². The van der Waals surface area contributed by atoms with E-state index >= 15 is 0 Å². The zero-order chi connectivity index (χ0) is 16.1. The summed E-state index contributed by atoms with van der Waals surface area (Å²) in [5, 5.41) is 5.57. The number of hydrogen-bond donors (Lipinski definition) is 1. The summed E-state index contributed by atoms with van der Waals surface area (Å²) in [5.74, 6) is 0.327. The van der Waals surface area contributed by atoms with Gasteiger partial charge in [0, 0.05) is 30.8 Å². The van der Waals surface area contributed by atoms with Crippen molar-refractivity contribution in [2.75, 3.05) is 6.54 Å². The van der Waals surface area contributed by atoms with Gasteiger partial charge in [0.1, 0.15) is 11.9 Å². The number of halogens is 1. The Labute approximate surface area is 133 Å². The van der Waals surface area contributed by atoms with Crippen molar-refractivity contribution in [3.63, 3.8) is 0 Å². The maximum absolute atomic E-state index is 12.9. The summed E-state index contributed by atoms with van der Waals surface area (Å²) < 4.78 is 18.1. The predicted octanol–water partition coefficient (Wildman–Crippen LogP) is 3.02. The van der Waals surface area contributed by atoms with E-state index in [1.165, 1.54) is 24.3 Å². The Morgan fingerprint density at radius 2 is 2.09 bits per heavy atom. The molecule has 1 atom stereocenters. The van der Waals surface area contributed by atoms with Crippen molar-refractivity contribution in [1.82, 2.24) is 15.6 Å². The van der Waals surface area contributed by atoms with Gasteiger partial charge in [0.15, 0.2) is 11.5 Å². The number of allylic oxidation sites excluding steroid dienone is 2. The molecule has 118 valence electrons. The van der Waals surface area contributed by atoms with E-state index in [9.17, 15) is 9.18 Å². The smallest absolute Gasteiger partial charge is 0.164 e. The summed E-state index contributed by atoms with van der Waals surface area (Å²) in [4.78, 5) is 12.1. The monoisotopic (exact) mass is 313 g/mol. The Kier molecular flexibility index (Phi) is 4.63. The average Bonchev–Trinajstić information content (AvgIpc) is 3.10. The lowest BCUT2D eigenvalue weighted by atomic mass is 10.1. The van der Waals surface area contributed by atoms with Crippen molar-refractivity contribution in [3.8, 4) is 0 Å². The summed E-state index contributed by atoms with van der Waals surface area (Å²) in [5.41, 5.74) is 3.69. The highest BCUT2D eigenvalue weighted by molar-refractivity contribution is 5.96. The molecule has 1 N–H and O–H groups in total. The first kappa shape index (κ1) is 15.2. The number of Topliss-reactive ketones (excluding diaryl/α,β-unsaturated/α-hetero) is 1. The minimum absolute atomic E-state index is 0.0368. The van der Waals surface area contributed by atoms with Crippen molar-refractivity contribution in [2.24, 2.45) is 0 Å². The van der Waals surface area contributed by atoms with Crippen molar-refractivity contribution >= 4 is 5.78 Å². The third kappa shape index (κ3) is 3.73. The number of hydrazine groups is 1. The second-order valence-corrected chi connectivity index (χ2v) is 5.08. The molecule has 5 nitrogen and oxygen atoms in total. The van der Waals surface area contributed by atoms with Crippen LogP contribution in [0.25, 0.3) is 0 Å². The lowest BCUT2D eigenvalue weighted by Gasteiger charge is -2.28. The van der Waals surface area contributed by atoms with Crippen LogP contribution in [0.2, 0.25) is 0 Å². The second-order valence-electron chi connectivity index (χ2n) is 5.08. The average molecular weight is 313 g/mol. The number of rotatable bonds is 6. The van der Waals surface area contributed by atoms with Gasteiger partial charge in [0.2, 0.25) is 0 Å². The van der Waals surface area contributed by atoms with Gasteiger partial charge in [-0.2, -0.15) is 0 Å². The Balaban J connectivity index is 1.55. The minimum atomic E-state index is -0.347. The number of benzene rings is 1. The lowest BCUT2D eigenvalue weighted by Crippen LogP contribution is -2.38. The van der Waals surface area contributed by atoms with E-state index in [0.717, 1.165) is 0 Å². The maximum atomic E-state index is 12.9. The highest BCUT2D eigenvalue weighted by Gasteiger charge is 2.20. The van der Waals surface area contributed by atoms with Crippen LogP contribution in [0.3, 0.4) is 0 Å². The first-order chi connectivity index (χ1) is 11.2. The molecule has 0 amide bonds. The predicted molar refractivity (Wildman–Crippen MR) is 82.7 cm³/mol. The van der Waals surface area contributed by atoms with Crippen LogP contribution in [0.15, 0.2) is 65.5 Å². The molecule has 0 radical (unpaired) electrons. The molecule has 0 spiro atoms. The topological polar surface area (TPSA) is 58.4 Å². The Hall–Kier alpha value is -2.73. The van der Waals surface area contributed by atoms with E-state index in [-0.39, 0.29) is 17.6 Å². The summed E-state index contributed by atoms with van der Waals surface area (Å²) in [6.07, 6.45) is 9.56. The Morgan fingerprint density at radius 3 is 2.83 bits per heavy atom. The zero-order valence-electron chi connectivity index (χ0n) is 12.4. The summed E-state index contributed by atoms with van der Waals surface area (Å²) in [7, 11) is 0. The van der Waals surface area contributed by atoms with Gasteiger partial charge in [-0.1, -0.05) is 17.3 Å². The Morgan fingerprint density at radius 1 is 1.26 bits per heavy atom. The molecule has 1 aliphatic rings. The fourth-order valence-corrected chi connectivity index (χ4v) is 2.34. The lowest BCUT2D eigenvalue weighted by molar-refractivity contribution is 0.0969. The van der Waals surface area contributed by atoms with Crippen molar-refractivity contribution in [1.29, 1.82) is 0 Å². The standard InChI is InChI=1S/C17H16FN3O2/c18-14-6-4-13(5-7-14)16(22)8-10-19-21-12-2-1-3-15(21)17-9-11-20-23-17/h1-7,9,11-12,15,19H,8,10H2. The number of aromatic nitrogens is 1. The fraction of sp³-hybridized carbons (Fsp3) is 0.176. The number of carbonyl (C=O) groups is 1. The van der Waals surface area contributed by atoms with E-state index in [0.29, 0.717) is 24.3 Å². The molecule has 3 rings (SSSR count). The molecule has 1 aromatic carbocycles. The number of hydrogen-bond acceptors (Lipinski definition) is 5. The second kappa shape index (κ2) is 7.02. The number of ketones is 1. The van der Waals surface area contributed by atoms with Crippen LogP contribution in [0.5, 0.6) is 0 Å². The highest BCUT2D eigenvalue weighted by Crippen LogP contribution is 2.23. The van der Waals surface area contributed by atoms with Crippen LogP contribution in [-0.2, 0) is 0 Å². The molecule has 0 bridgehead atoms. The number of carbonyl (C=O) groups excluding carboxylic acids is 1. The molecule has 0 saturated carbocycles. The van der Waals surface area contributed by atoms with Crippen LogP contribution >= 0.6 is 0 Å². The molecular formula is C17H16FN3O2. The van der Waals surface area contributed by atoms with Gasteiger partial charge in [-0.3, -0.25) is 4.79 Å². The maximum Gasteiger partial charge on any atom is 0.164 e. The first-order valence-electron chi connectivity index (χ1n) is 7.30. The summed E-state index contributed by atoms with van der Waals surface area (Å²) >= 11 is 0. The van der Waals surface area contributed by atoms with Crippen LogP contribution in [-0.4, -0.2) is 22.5 Å². The van der Waals surface area contributed by atoms with Crippen molar-refractivity contribution < 1.29 is 13.7 Å². The third-order valence-electron chi connectivity index (χ3n) is 3.51. The van der Waals surface area contributed by atoms with Gasteiger partial charge in [0.05, 0.1) is 6.20 Å². The SMILES string of the molecule is O=C(CCNN1C=CC=CC1c1ccno1)c1ccc(F)cc1. The first-order valence-corrected chi connectivity index (χ1v) is 7.30. The third-order valence-corrected chi connectivity index (χ3v) is 3.51. The summed E-state index contributed by atoms with van der Waals surface area (Å²) in [6, 6.07) is 7.27. The highest BCUT2D eigenvalue weighted by atomic mass is 19.1. The van der Waals surface area contributed by atoms with Crippen LogP contribution in [0.1, 0.15) is 28.6 Å². The molecule has 1 aromatic heterocycles. The van der Waals surface area contributed by atoms with E-state index in [1.807, 2.05) is 29.4 Å². The van der Waals surface area contributed by atoms with E-state index in [1.54, 1.807) is 12.3 Å². The summed E-state index contributed by atoms with van der Waals surface area (Å²) in [6.45, 7) is 0.457. The van der Waals surface area contributed by atoms with Crippen LogP contribution < -0.4 is 5.43 Å². The van der Waals surface area contributed by atoms with Gasteiger partial charge < -0.3 is 9.53 Å². The van der Waals surface area contributed by atoms with Gasteiger partial charge in [-0.25, -0.2) is 9.82 Å². The molecule has 1 unspecified atom stereocenters.